The van der Waals surface area contributed by atoms with Gasteiger partial charge in [0.05, 0.1) is 64.0 Å². The Bertz CT molecular complexity index is 936. The standard InChI is InChI=1S/C24H34N4O5S/c1-15-20-19(16(2)30)23(31)27(20)21(24(32)33)22(15)34-18-13-17(25-14-18)5-4-9-28(3)10-6-26(7-11-28)8-12-29/h4-5,8,15-20,25,30H,6-7,9-11,13-14H2,1-3H3/p+1/b5-4+/t15-,16-,17-,18+,19-,20-/m1/s1. The van der Waals surface area contributed by atoms with Gasteiger partial charge in [0.2, 0.25) is 5.91 Å². The minimum Gasteiger partial charge on any atom is -0.477 e. The van der Waals surface area contributed by atoms with Gasteiger partial charge in [-0.05, 0) is 19.4 Å². The summed E-state index contributed by atoms with van der Waals surface area (Å²) < 4.78 is 0.937. The largest absolute Gasteiger partial charge is 0.477 e. The highest BCUT2D eigenvalue weighted by atomic mass is 32.2. The van der Waals surface area contributed by atoms with Crippen molar-refractivity contribution >= 4 is 29.6 Å². The zero-order valence-electron chi connectivity index (χ0n) is 20.0. The lowest BCUT2D eigenvalue weighted by atomic mass is 9.79. The van der Waals surface area contributed by atoms with E-state index in [9.17, 15) is 24.6 Å². The van der Waals surface area contributed by atoms with Crippen LogP contribution in [0, 0.1) is 11.8 Å². The molecule has 3 fully saturated rings. The van der Waals surface area contributed by atoms with Crippen molar-refractivity contribution in [1.29, 1.82) is 0 Å². The van der Waals surface area contributed by atoms with Crippen LogP contribution in [0.4, 0.5) is 0 Å². The van der Waals surface area contributed by atoms with Gasteiger partial charge < -0.3 is 29.8 Å². The van der Waals surface area contributed by atoms with Gasteiger partial charge in [-0.2, -0.15) is 0 Å². The fourth-order valence-corrected chi connectivity index (χ4v) is 7.15. The summed E-state index contributed by atoms with van der Waals surface area (Å²) in [5, 5.41) is 23.6. The molecule has 0 unspecified atom stereocenters. The highest BCUT2D eigenvalue weighted by molar-refractivity contribution is 8.03. The van der Waals surface area contributed by atoms with Crippen molar-refractivity contribution in [2.24, 2.45) is 11.8 Å². The monoisotopic (exact) mass is 491 g/mol. The van der Waals surface area contributed by atoms with E-state index in [4.69, 9.17) is 0 Å². The average Bonchev–Trinajstić information content (AvgIpc) is 3.31. The first-order chi connectivity index (χ1) is 16.1. The van der Waals surface area contributed by atoms with E-state index in [-0.39, 0.29) is 34.9 Å². The summed E-state index contributed by atoms with van der Waals surface area (Å²) >= 11 is 1.57. The molecule has 0 saturated carbocycles. The number of rotatable bonds is 8. The molecule has 1 amide bonds. The lowest BCUT2D eigenvalue weighted by molar-refractivity contribution is -0.907. The van der Waals surface area contributed by atoms with Crippen LogP contribution in [-0.2, 0) is 14.4 Å². The Hall–Kier alpha value is -2.10. The number of nitrogens with one attached hydrogen (secondary N) is 1. The van der Waals surface area contributed by atoms with E-state index < -0.39 is 18.0 Å². The number of carbonyl (C=O) groups excluding carboxylic acids is 2. The van der Waals surface area contributed by atoms with Gasteiger partial charge in [-0.1, -0.05) is 13.0 Å². The highest BCUT2D eigenvalue weighted by Crippen LogP contribution is 2.51. The molecule has 4 aliphatic heterocycles. The van der Waals surface area contributed by atoms with Gasteiger partial charge in [0.1, 0.15) is 11.6 Å². The van der Waals surface area contributed by atoms with Crippen LogP contribution in [0.3, 0.4) is 0 Å². The number of nitrogens with zero attached hydrogens (tertiary/aromatic N) is 3. The average molecular weight is 492 g/mol. The Kier molecular flexibility index (Phi) is 7.26. The number of hydrogen-bond donors (Lipinski definition) is 3. The quantitative estimate of drug-likeness (QED) is 0.192. The minimum absolute atomic E-state index is 0.0971. The molecule has 9 nitrogen and oxygen atoms in total. The topological polar surface area (TPSA) is 110 Å². The molecule has 0 radical (unpaired) electrons. The SMILES string of the molecule is C[C@@H](O)[C@H]1C(=O)N2C(C(=O)O)=C(S[C@@H]3CN[C@H](/C=C/C[N+]4(C)CCN(C=C=O)CC4)C3)[C@H](C)[C@H]12. The van der Waals surface area contributed by atoms with Gasteiger partial charge in [0.25, 0.3) is 0 Å². The Morgan fingerprint density at radius 1 is 1.38 bits per heavy atom. The second kappa shape index (κ2) is 9.87. The maximum atomic E-state index is 12.5. The van der Waals surface area contributed by atoms with Gasteiger partial charge in [-0.25, -0.2) is 9.59 Å². The summed E-state index contributed by atoms with van der Waals surface area (Å²) in [5.41, 5.74) is 0.101. The predicted molar refractivity (Wildman–Crippen MR) is 129 cm³/mol. The first-order valence-electron chi connectivity index (χ1n) is 12.0. The first-order valence-corrected chi connectivity index (χ1v) is 12.9. The number of β-lactam (4-membered cyclic amide) rings is 1. The normalized spacial score (nSPS) is 33.6. The van der Waals surface area contributed by atoms with E-state index in [1.807, 2.05) is 17.8 Å². The summed E-state index contributed by atoms with van der Waals surface area (Å²) in [6.07, 6.45) is 6.05. The van der Waals surface area contributed by atoms with Crippen molar-refractivity contribution in [1.82, 2.24) is 15.1 Å². The van der Waals surface area contributed by atoms with Crippen LogP contribution in [0.5, 0.6) is 0 Å². The molecule has 3 N–H and O–H groups in total. The Balaban J connectivity index is 1.33. The number of quaternary nitrogens is 1. The van der Waals surface area contributed by atoms with Crippen LogP contribution in [0.2, 0.25) is 0 Å². The fraction of sp³-hybridized carbons (Fsp3) is 0.667. The maximum absolute atomic E-state index is 12.5. The Morgan fingerprint density at radius 3 is 2.71 bits per heavy atom. The number of carbonyl (C=O) groups is 2. The van der Waals surface area contributed by atoms with Crippen molar-refractivity contribution in [2.75, 3.05) is 46.3 Å². The molecule has 34 heavy (non-hydrogen) atoms. The third kappa shape index (κ3) is 4.70. The van der Waals surface area contributed by atoms with Gasteiger partial charge in [0.15, 0.2) is 0 Å². The molecule has 0 aliphatic carbocycles. The van der Waals surface area contributed by atoms with Crippen LogP contribution < -0.4 is 5.32 Å². The zero-order chi connectivity index (χ0) is 24.6. The summed E-state index contributed by atoms with van der Waals surface area (Å²) in [7, 11) is 2.24. The molecular weight excluding hydrogens is 456 g/mol. The minimum atomic E-state index is -1.07. The molecular formula is C24H35N4O5S+. The molecule has 0 aromatic rings. The number of carboxylic acid groups (broad SMARTS) is 1. The first kappa shape index (κ1) is 25.0. The van der Waals surface area contributed by atoms with Crippen molar-refractivity contribution < 1.29 is 29.1 Å². The summed E-state index contributed by atoms with van der Waals surface area (Å²) in [5.74, 6) is -0.126. The summed E-state index contributed by atoms with van der Waals surface area (Å²) in [6.45, 7) is 8.94. The molecule has 4 heterocycles. The van der Waals surface area contributed by atoms with Crippen molar-refractivity contribution in [2.45, 2.75) is 43.7 Å². The van der Waals surface area contributed by atoms with Gasteiger partial charge in [0, 0.05) is 28.7 Å². The number of likely N-dealkylation sites (N-methyl/N-ethyl adjacent to an activating group) is 1. The fourth-order valence-electron chi connectivity index (χ4n) is 5.66. The van der Waals surface area contributed by atoms with E-state index in [1.165, 1.54) is 11.1 Å². The van der Waals surface area contributed by atoms with Gasteiger partial charge in [-0.3, -0.25) is 4.79 Å². The molecule has 3 saturated heterocycles. The molecule has 0 spiro atoms. The second-order valence-corrected chi connectivity index (χ2v) is 11.6. The lowest BCUT2D eigenvalue weighted by Crippen LogP contribution is -2.63. The van der Waals surface area contributed by atoms with Crippen LogP contribution in [0.15, 0.2) is 29.0 Å². The van der Waals surface area contributed by atoms with Crippen molar-refractivity contribution in [3.63, 3.8) is 0 Å². The number of fused-ring (bicyclic) bond motifs is 1. The number of aliphatic carboxylic acids is 1. The zero-order valence-corrected chi connectivity index (χ0v) is 20.8. The van der Waals surface area contributed by atoms with E-state index in [0.29, 0.717) is 0 Å². The number of piperazine rings is 1. The van der Waals surface area contributed by atoms with Crippen LogP contribution in [0.1, 0.15) is 20.3 Å². The predicted octanol–water partition coefficient (Wildman–Crippen LogP) is 0.268. The number of thioether (sulfide) groups is 1. The van der Waals surface area contributed by atoms with E-state index >= 15 is 0 Å². The third-order valence-corrected chi connectivity index (χ3v) is 9.24. The second-order valence-electron chi connectivity index (χ2n) is 10.2. The number of aliphatic hydroxyl groups is 1. The Morgan fingerprint density at radius 2 is 2.09 bits per heavy atom. The summed E-state index contributed by atoms with van der Waals surface area (Å²) in [4.78, 5) is 39.2. The highest BCUT2D eigenvalue weighted by Gasteiger charge is 2.60. The molecule has 4 aliphatic rings. The van der Waals surface area contributed by atoms with Crippen LogP contribution in [0.25, 0.3) is 0 Å². The van der Waals surface area contributed by atoms with E-state index in [1.54, 1.807) is 18.7 Å². The third-order valence-electron chi connectivity index (χ3n) is 7.73. The van der Waals surface area contributed by atoms with Crippen LogP contribution in [-0.4, -0.2) is 112 Å². The number of carboxylic acids is 1. The molecule has 10 heteroatoms. The number of amides is 1. The van der Waals surface area contributed by atoms with E-state index in [0.717, 1.165) is 55.1 Å². The molecule has 6 atom stereocenters. The number of hydrogen-bond acceptors (Lipinski definition) is 7. The van der Waals surface area contributed by atoms with Gasteiger partial charge >= 0.3 is 5.97 Å². The van der Waals surface area contributed by atoms with Crippen molar-refractivity contribution in [3.05, 3.63) is 29.0 Å². The Labute approximate surface area is 204 Å². The van der Waals surface area contributed by atoms with Crippen molar-refractivity contribution in [3.8, 4) is 0 Å². The lowest BCUT2D eigenvalue weighted by Gasteiger charge is -2.46. The smallest absolute Gasteiger partial charge is 0.353 e. The number of aliphatic hydroxyl groups excluding tert-OH is 1. The maximum Gasteiger partial charge on any atom is 0.353 e. The van der Waals surface area contributed by atoms with E-state index in [2.05, 4.69) is 24.5 Å². The molecule has 4 rings (SSSR count). The van der Waals surface area contributed by atoms with Crippen LogP contribution >= 0.6 is 11.8 Å². The summed E-state index contributed by atoms with van der Waals surface area (Å²) in [6, 6.07) is -0.0315. The molecule has 186 valence electrons. The molecule has 0 aromatic carbocycles. The van der Waals surface area contributed by atoms with Gasteiger partial charge in [-0.15, -0.1) is 11.8 Å². The molecule has 0 bridgehead atoms. The molecule has 0 aromatic heterocycles.